The molecule has 3 rings (SSSR count). The number of amides is 3. The Morgan fingerprint density at radius 1 is 1.14 bits per heavy atom. The van der Waals surface area contributed by atoms with Crippen molar-refractivity contribution >= 4 is 17.8 Å². The summed E-state index contributed by atoms with van der Waals surface area (Å²) in [5.41, 5.74) is -0.714. The first-order valence-corrected chi connectivity index (χ1v) is 10.1. The number of anilines is 1. The van der Waals surface area contributed by atoms with Gasteiger partial charge in [-0.3, -0.25) is 15.0 Å². The lowest BCUT2D eigenvalue weighted by Crippen LogP contribution is -3.16. The van der Waals surface area contributed by atoms with Gasteiger partial charge in [0.15, 0.2) is 6.54 Å². The molecule has 0 radical (unpaired) electrons. The van der Waals surface area contributed by atoms with E-state index < -0.39 is 17.8 Å². The maximum Gasteiger partial charge on any atom is 0.419 e. The minimum Gasteiger partial charge on any atom is -0.335 e. The number of rotatable bonds is 4. The van der Waals surface area contributed by atoms with Crippen molar-refractivity contribution in [3.8, 4) is 0 Å². The number of imide groups is 1. The Bertz CT molecular complexity index is 697. The first-order valence-electron chi connectivity index (χ1n) is 10.1. The highest BCUT2D eigenvalue weighted by molar-refractivity contribution is 5.94. The van der Waals surface area contributed by atoms with Gasteiger partial charge in [-0.05, 0) is 18.9 Å². The van der Waals surface area contributed by atoms with Crippen LogP contribution >= 0.6 is 0 Å². The van der Waals surface area contributed by atoms with Crippen LogP contribution in [0.2, 0.25) is 0 Å². The molecule has 0 spiro atoms. The molecule has 1 aromatic heterocycles. The van der Waals surface area contributed by atoms with Crippen LogP contribution in [-0.4, -0.2) is 50.7 Å². The van der Waals surface area contributed by atoms with Gasteiger partial charge < -0.3 is 10.2 Å². The van der Waals surface area contributed by atoms with E-state index in [0.717, 1.165) is 42.8 Å². The zero-order chi connectivity index (χ0) is 20.9. The summed E-state index contributed by atoms with van der Waals surface area (Å²) in [6.07, 6.45) is 1.90. The maximum atomic E-state index is 12.7. The standard InChI is InChI=1S/C19H26F3N5O2/c20-19(21,22)14-6-7-16(23-12-14)27-10-8-26(9-11-27)13-17(28)25-18(29)24-15-4-2-1-3-5-15/h6-7,12,15H,1-5,8-11,13H2,(H2,24,25,28,29)/p+2. The van der Waals surface area contributed by atoms with E-state index in [0.29, 0.717) is 32.0 Å². The predicted molar refractivity (Wildman–Crippen MR) is 99.3 cm³/mol. The van der Waals surface area contributed by atoms with Crippen molar-refractivity contribution in [2.75, 3.05) is 37.6 Å². The molecule has 2 aliphatic rings. The molecule has 0 unspecified atom stereocenters. The molecule has 2 fully saturated rings. The van der Waals surface area contributed by atoms with Crippen molar-refractivity contribution < 1.29 is 32.6 Å². The van der Waals surface area contributed by atoms with Gasteiger partial charge in [-0.2, -0.15) is 13.2 Å². The Balaban J connectivity index is 1.40. The molecule has 1 aliphatic heterocycles. The van der Waals surface area contributed by atoms with Crippen molar-refractivity contribution in [1.29, 1.82) is 0 Å². The molecule has 3 amide bonds. The molecule has 7 nitrogen and oxygen atoms in total. The van der Waals surface area contributed by atoms with Crippen LogP contribution in [0.25, 0.3) is 0 Å². The lowest BCUT2D eigenvalue weighted by Gasteiger charge is -2.28. The van der Waals surface area contributed by atoms with Crippen molar-refractivity contribution in [3.05, 3.63) is 23.9 Å². The number of carbonyl (C=O) groups excluding carboxylic acids is 2. The minimum absolute atomic E-state index is 0.146. The Labute approximate surface area is 167 Å². The number of quaternary nitrogens is 1. The molecule has 29 heavy (non-hydrogen) atoms. The molecule has 0 aromatic carbocycles. The molecule has 1 aromatic rings. The van der Waals surface area contributed by atoms with Gasteiger partial charge in [-0.25, -0.2) is 9.78 Å². The molecule has 10 heteroatoms. The van der Waals surface area contributed by atoms with E-state index in [1.807, 2.05) is 4.90 Å². The van der Waals surface area contributed by atoms with E-state index in [2.05, 4.69) is 15.6 Å². The first kappa shape index (κ1) is 21.4. The van der Waals surface area contributed by atoms with Gasteiger partial charge in [0.1, 0.15) is 32.4 Å². The fraction of sp³-hybridized carbons (Fsp3) is 0.632. The van der Waals surface area contributed by atoms with E-state index >= 15 is 0 Å². The second-order valence-corrected chi connectivity index (χ2v) is 7.73. The number of hydrogen-bond acceptors (Lipinski definition) is 3. The first-order chi connectivity index (χ1) is 13.8. The fourth-order valence-corrected chi connectivity index (χ4v) is 3.90. The van der Waals surface area contributed by atoms with Crippen molar-refractivity contribution in [2.24, 2.45) is 0 Å². The summed E-state index contributed by atoms with van der Waals surface area (Å²) in [6, 6.07) is 2.20. The second-order valence-electron chi connectivity index (χ2n) is 7.73. The Morgan fingerprint density at radius 2 is 1.83 bits per heavy atom. The number of pyridine rings is 1. The number of carbonyl (C=O) groups is 2. The quantitative estimate of drug-likeness (QED) is 0.666. The second kappa shape index (κ2) is 9.43. The summed E-state index contributed by atoms with van der Waals surface area (Å²) in [5, 5.41) is 5.26. The molecular weight excluding hydrogens is 387 g/mol. The molecule has 0 atom stereocenters. The SMILES string of the molecule is O=C(C[NH+]1CCN(c2ccc(C(F)(F)F)c[nH+]2)CC1)NC(=O)NC1CCCCC1. The zero-order valence-electron chi connectivity index (χ0n) is 16.3. The highest BCUT2D eigenvalue weighted by Gasteiger charge is 2.33. The van der Waals surface area contributed by atoms with Crippen molar-refractivity contribution in [3.63, 3.8) is 0 Å². The van der Waals surface area contributed by atoms with Gasteiger partial charge in [-0.1, -0.05) is 19.3 Å². The number of nitrogens with zero attached hydrogens (tertiary/aromatic N) is 1. The van der Waals surface area contributed by atoms with Crippen molar-refractivity contribution in [1.82, 2.24) is 10.6 Å². The average Bonchev–Trinajstić information content (AvgIpc) is 2.68. The summed E-state index contributed by atoms with van der Waals surface area (Å²) >= 11 is 0. The third-order valence-corrected chi connectivity index (χ3v) is 5.54. The van der Waals surface area contributed by atoms with Crippen LogP contribution in [0.5, 0.6) is 0 Å². The van der Waals surface area contributed by atoms with Crippen LogP contribution in [0, 0.1) is 0 Å². The lowest BCUT2D eigenvalue weighted by atomic mass is 9.96. The van der Waals surface area contributed by atoms with Gasteiger partial charge in [-0.15, -0.1) is 0 Å². The predicted octanol–water partition coefficient (Wildman–Crippen LogP) is 0.383. The van der Waals surface area contributed by atoms with E-state index in [4.69, 9.17) is 0 Å². The van der Waals surface area contributed by atoms with Crippen LogP contribution in [-0.2, 0) is 11.0 Å². The number of hydrogen-bond donors (Lipinski definition) is 3. The van der Waals surface area contributed by atoms with Crippen LogP contribution in [0.4, 0.5) is 23.8 Å². The highest BCUT2D eigenvalue weighted by Crippen LogP contribution is 2.28. The summed E-state index contributed by atoms with van der Waals surface area (Å²) in [6.45, 7) is 2.74. The van der Waals surface area contributed by atoms with E-state index in [9.17, 15) is 22.8 Å². The number of piperazine rings is 1. The number of urea groups is 1. The van der Waals surface area contributed by atoms with E-state index in [-0.39, 0.29) is 18.5 Å². The molecular formula is C19H28F3N5O2+2. The average molecular weight is 415 g/mol. The number of halogens is 3. The van der Waals surface area contributed by atoms with Crippen molar-refractivity contribution in [2.45, 2.75) is 44.3 Å². The third kappa shape index (κ3) is 6.31. The lowest BCUT2D eigenvalue weighted by molar-refractivity contribution is -0.892. The summed E-state index contributed by atoms with van der Waals surface area (Å²) < 4.78 is 38.0. The number of alkyl halides is 3. The number of aromatic amines is 1. The molecule has 1 saturated carbocycles. The molecule has 4 N–H and O–H groups in total. The normalized spacial score (nSPS) is 19.1. The van der Waals surface area contributed by atoms with Crippen LogP contribution in [0.15, 0.2) is 18.3 Å². The minimum atomic E-state index is -4.37. The summed E-state index contributed by atoms with van der Waals surface area (Å²) in [5.74, 6) is 0.302. The molecule has 1 aliphatic carbocycles. The van der Waals surface area contributed by atoms with Gasteiger partial charge in [0.25, 0.3) is 11.7 Å². The molecule has 0 bridgehead atoms. The maximum absolute atomic E-state index is 12.7. The monoisotopic (exact) mass is 415 g/mol. The molecule has 2 heterocycles. The van der Waals surface area contributed by atoms with Crippen LogP contribution < -0.4 is 25.4 Å². The van der Waals surface area contributed by atoms with E-state index in [1.165, 1.54) is 12.5 Å². The highest BCUT2D eigenvalue weighted by atomic mass is 19.4. The van der Waals surface area contributed by atoms with Gasteiger partial charge >= 0.3 is 12.2 Å². The number of H-pyrrole nitrogens is 1. The van der Waals surface area contributed by atoms with Gasteiger partial charge in [0.2, 0.25) is 0 Å². The Kier molecular flexibility index (Phi) is 6.94. The topological polar surface area (TPSA) is 80.0 Å². The smallest absolute Gasteiger partial charge is 0.335 e. The Hall–Kier alpha value is -2.36. The fourth-order valence-electron chi connectivity index (χ4n) is 3.90. The molecule has 160 valence electrons. The molecule has 1 saturated heterocycles. The third-order valence-electron chi connectivity index (χ3n) is 5.54. The van der Waals surface area contributed by atoms with Gasteiger partial charge in [0, 0.05) is 12.1 Å². The largest absolute Gasteiger partial charge is 0.419 e. The van der Waals surface area contributed by atoms with Gasteiger partial charge in [0.05, 0.1) is 5.56 Å². The number of aromatic nitrogens is 1. The Morgan fingerprint density at radius 3 is 2.41 bits per heavy atom. The number of nitrogens with one attached hydrogen (secondary N) is 4. The summed E-state index contributed by atoms with van der Waals surface area (Å²) in [7, 11) is 0. The van der Waals surface area contributed by atoms with E-state index in [1.54, 1.807) is 0 Å². The van der Waals surface area contributed by atoms with Crippen LogP contribution in [0.1, 0.15) is 37.7 Å². The van der Waals surface area contributed by atoms with Crippen LogP contribution in [0.3, 0.4) is 0 Å². The summed E-state index contributed by atoms with van der Waals surface area (Å²) in [4.78, 5) is 29.8. The zero-order valence-corrected chi connectivity index (χ0v) is 16.3.